The first kappa shape index (κ1) is 15.4. The molecule has 2 aromatic carbocycles. The molecule has 0 radical (unpaired) electrons. The highest BCUT2D eigenvalue weighted by Gasteiger charge is 2.05. The zero-order valence-electron chi connectivity index (χ0n) is 12.9. The van der Waals surface area contributed by atoms with Gasteiger partial charge < -0.3 is 9.47 Å². The molecule has 0 saturated carbocycles. The van der Waals surface area contributed by atoms with E-state index in [4.69, 9.17) is 21.1 Å². The smallest absolute Gasteiger partial charge is 0.123 e. The number of hydrogen-bond donors (Lipinski definition) is 0. The van der Waals surface area contributed by atoms with Crippen LogP contribution in [0.5, 0.6) is 11.5 Å². The molecule has 1 heterocycles. The van der Waals surface area contributed by atoms with Crippen molar-refractivity contribution in [3.63, 3.8) is 0 Å². The van der Waals surface area contributed by atoms with E-state index in [0.717, 1.165) is 22.2 Å². The van der Waals surface area contributed by atoms with Gasteiger partial charge in [-0.05, 0) is 35.9 Å². The minimum Gasteiger partial charge on any atom is -0.497 e. The highest BCUT2D eigenvalue weighted by atomic mass is 35.5. The number of para-hydroxylation sites is 1. The van der Waals surface area contributed by atoms with Crippen LogP contribution in [0.15, 0.2) is 54.6 Å². The van der Waals surface area contributed by atoms with Gasteiger partial charge in [0.2, 0.25) is 0 Å². The fraction of sp³-hybridized carbons (Fsp3) is 0.105. The third-order valence-electron chi connectivity index (χ3n) is 3.51. The minimum atomic E-state index is 0.561. The summed E-state index contributed by atoms with van der Waals surface area (Å²) in [5, 5.41) is 1.65. The van der Waals surface area contributed by atoms with Gasteiger partial charge in [0, 0.05) is 11.5 Å². The Morgan fingerprint density at radius 1 is 0.957 bits per heavy atom. The zero-order valence-corrected chi connectivity index (χ0v) is 13.7. The molecule has 4 heteroatoms. The summed E-state index contributed by atoms with van der Waals surface area (Å²) in [5.74, 6) is 1.43. The second-order valence-corrected chi connectivity index (χ2v) is 5.43. The third kappa shape index (κ3) is 3.46. The standard InChI is InChI=1S/C19H16ClNO2/c1-22-15-9-13(10-16(12-15)23-2)11-17(20)19-8-7-14-5-3-4-6-18(14)21-19/h3-12H,1-2H3/b17-11-. The topological polar surface area (TPSA) is 31.4 Å². The lowest BCUT2D eigenvalue weighted by atomic mass is 10.1. The average molecular weight is 326 g/mol. The van der Waals surface area contributed by atoms with Gasteiger partial charge >= 0.3 is 0 Å². The molecule has 3 aromatic rings. The minimum absolute atomic E-state index is 0.561. The fourth-order valence-corrected chi connectivity index (χ4v) is 2.56. The van der Waals surface area contributed by atoms with Gasteiger partial charge in [0.25, 0.3) is 0 Å². The van der Waals surface area contributed by atoms with Crippen LogP contribution in [0, 0.1) is 0 Å². The van der Waals surface area contributed by atoms with Gasteiger partial charge in [0.15, 0.2) is 0 Å². The summed E-state index contributed by atoms with van der Waals surface area (Å²) in [7, 11) is 3.24. The predicted molar refractivity (Wildman–Crippen MR) is 95.0 cm³/mol. The van der Waals surface area contributed by atoms with Crippen LogP contribution in [0.25, 0.3) is 22.0 Å². The summed E-state index contributed by atoms with van der Waals surface area (Å²) >= 11 is 6.45. The number of ether oxygens (including phenoxy) is 2. The SMILES string of the molecule is COc1cc(/C=C(\Cl)c2ccc3ccccc3n2)cc(OC)c1. The molecule has 0 aliphatic carbocycles. The van der Waals surface area contributed by atoms with Crippen LogP contribution in [-0.2, 0) is 0 Å². The molecule has 0 saturated heterocycles. The van der Waals surface area contributed by atoms with E-state index in [9.17, 15) is 0 Å². The van der Waals surface area contributed by atoms with Gasteiger partial charge in [-0.3, -0.25) is 0 Å². The number of nitrogens with zero attached hydrogens (tertiary/aromatic N) is 1. The first-order valence-corrected chi connectivity index (χ1v) is 7.54. The lowest BCUT2D eigenvalue weighted by Crippen LogP contribution is -1.89. The van der Waals surface area contributed by atoms with Crippen molar-refractivity contribution < 1.29 is 9.47 Å². The maximum Gasteiger partial charge on any atom is 0.123 e. The van der Waals surface area contributed by atoms with Crippen LogP contribution in [0.1, 0.15) is 11.3 Å². The molecule has 0 spiro atoms. The maximum atomic E-state index is 6.45. The largest absolute Gasteiger partial charge is 0.497 e. The first-order chi connectivity index (χ1) is 11.2. The van der Waals surface area contributed by atoms with Crippen molar-refractivity contribution in [3.05, 3.63) is 65.9 Å². The van der Waals surface area contributed by atoms with E-state index in [2.05, 4.69) is 4.98 Å². The summed E-state index contributed by atoms with van der Waals surface area (Å²) in [6.07, 6.45) is 1.85. The Bertz CT molecular complexity index is 852. The summed E-state index contributed by atoms with van der Waals surface area (Å²) in [6, 6.07) is 17.5. The first-order valence-electron chi connectivity index (χ1n) is 7.16. The van der Waals surface area contributed by atoms with E-state index in [1.165, 1.54) is 0 Å². The number of aromatic nitrogens is 1. The second-order valence-electron chi connectivity index (χ2n) is 5.03. The molecule has 0 atom stereocenters. The van der Waals surface area contributed by atoms with Crippen molar-refractivity contribution in [2.45, 2.75) is 0 Å². The van der Waals surface area contributed by atoms with Crippen molar-refractivity contribution in [3.8, 4) is 11.5 Å². The molecule has 0 fully saturated rings. The van der Waals surface area contributed by atoms with Gasteiger partial charge in [-0.25, -0.2) is 4.98 Å². The van der Waals surface area contributed by atoms with Gasteiger partial charge in [-0.2, -0.15) is 0 Å². The van der Waals surface area contributed by atoms with Crippen molar-refractivity contribution >= 4 is 33.6 Å². The molecule has 0 N–H and O–H groups in total. The van der Waals surface area contributed by atoms with E-state index in [1.54, 1.807) is 14.2 Å². The van der Waals surface area contributed by atoms with E-state index in [1.807, 2.05) is 60.7 Å². The van der Waals surface area contributed by atoms with Crippen LogP contribution in [-0.4, -0.2) is 19.2 Å². The quantitative estimate of drug-likeness (QED) is 0.677. The third-order valence-corrected chi connectivity index (χ3v) is 3.81. The molecule has 0 amide bonds. The van der Waals surface area contributed by atoms with Gasteiger partial charge in [0.1, 0.15) is 11.5 Å². The number of rotatable bonds is 4. The van der Waals surface area contributed by atoms with Crippen LogP contribution < -0.4 is 9.47 Å². The molecule has 3 nitrogen and oxygen atoms in total. The van der Waals surface area contributed by atoms with E-state index >= 15 is 0 Å². The van der Waals surface area contributed by atoms with Crippen LogP contribution >= 0.6 is 11.6 Å². The monoisotopic (exact) mass is 325 g/mol. The highest BCUT2D eigenvalue weighted by molar-refractivity contribution is 6.51. The number of benzene rings is 2. The van der Waals surface area contributed by atoms with E-state index in [-0.39, 0.29) is 0 Å². The lowest BCUT2D eigenvalue weighted by Gasteiger charge is -2.07. The molecule has 0 aliphatic heterocycles. The lowest BCUT2D eigenvalue weighted by molar-refractivity contribution is 0.394. The molecular formula is C19H16ClNO2. The summed E-state index contributed by atoms with van der Waals surface area (Å²) in [4.78, 5) is 4.59. The Labute approximate surface area is 140 Å². The molecule has 0 unspecified atom stereocenters. The van der Waals surface area contributed by atoms with Crippen LogP contribution in [0.4, 0.5) is 0 Å². The number of halogens is 1. The van der Waals surface area contributed by atoms with Crippen molar-refractivity contribution in [2.24, 2.45) is 0 Å². The number of pyridine rings is 1. The van der Waals surface area contributed by atoms with E-state index in [0.29, 0.717) is 16.5 Å². The molecule has 23 heavy (non-hydrogen) atoms. The summed E-state index contributed by atoms with van der Waals surface area (Å²) in [5.41, 5.74) is 2.54. The Balaban J connectivity index is 2.00. The number of fused-ring (bicyclic) bond motifs is 1. The molecular weight excluding hydrogens is 310 g/mol. The summed E-state index contributed by atoms with van der Waals surface area (Å²) in [6.45, 7) is 0. The fourth-order valence-electron chi connectivity index (χ4n) is 2.33. The Kier molecular flexibility index (Phi) is 4.49. The normalized spacial score (nSPS) is 11.5. The van der Waals surface area contributed by atoms with Crippen LogP contribution in [0.3, 0.4) is 0 Å². The Morgan fingerprint density at radius 2 is 1.65 bits per heavy atom. The molecule has 116 valence electrons. The highest BCUT2D eigenvalue weighted by Crippen LogP contribution is 2.27. The van der Waals surface area contributed by atoms with Crippen molar-refractivity contribution in [1.82, 2.24) is 4.98 Å². The number of hydrogen-bond acceptors (Lipinski definition) is 3. The molecule has 0 bridgehead atoms. The van der Waals surface area contributed by atoms with Crippen molar-refractivity contribution in [2.75, 3.05) is 14.2 Å². The van der Waals surface area contributed by atoms with Gasteiger partial charge in [0.05, 0.1) is 30.5 Å². The zero-order chi connectivity index (χ0) is 16.2. The summed E-state index contributed by atoms with van der Waals surface area (Å²) < 4.78 is 10.5. The van der Waals surface area contributed by atoms with Gasteiger partial charge in [-0.1, -0.05) is 35.9 Å². The van der Waals surface area contributed by atoms with Crippen molar-refractivity contribution in [1.29, 1.82) is 0 Å². The Morgan fingerprint density at radius 3 is 2.35 bits per heavy atom. The molecule has 3 rings (SSSR count). The van der Waals surface area contributed by atoms with Crippen LogP contribution in [0.2, 0.25) is 0 Å². The Hall–Kier alpha value is -2.52. The number of methoxy groups -OCH3 is 2. The maximum absolute atomic E-state index is 6.45. The average Bonchev–Trinajstić information content (AvgIpc) is 2.60. The van der Waals surface area contributed by atoms with E-state index < -0.39 is 0 Å². The molecule has 1 aromatic heterocycles. The molecule has 0 aliphatic rings. The predicted octanol–water partition coefficient (Wildman–Crippen LogP) is 4.99. The second kappa shape index (κ2) is 6.71. The van der Waals surface area contributed by atoms with Gasteiger partial charge in [-0.15, -0.1) is 0 Å².